The van der Waals surface area contributed by atoms with Crippen LogP contribution in [0.1, 0.15) is 44.0 Å². The first-order chi connectivity index (χ1) is 9.93. The van der Waals surface area contributed by atoms with Crippen molar-refractivity contribution in [2.75, 3.05) is 18.5 Å². The second kappa shape index (κ2) is 6.39. The number of pyridine rings is 1. The van der Waals surface area contributed by atoms with Gasteiger partial charge in [0.2, 0.25) is 0 Å². The normalized spacial score (nSPS) is 20.9. The Labute approximate surface area is 124 Å². The van der Waals surface area contributed by atoms with Gasteiger partial charge in [-0.15, -0.1) is 0 Å². The number of nitrogens with zero attached hydrogens (tertiary/aromatic N) is 1. The molecule has 1 aromatic heterocycles. The molecular formula is C15H22FN3O2. The second-order valence-electron chi connectivity index (χ2n) is 5.82. The summed E-state index contributed by atoms with van der Waals surface area (Å²) in [5, 5.41) is 5.69. The van der Waals surface area contributed by atoms with Crippen molar-refractivity contribution in [1.82, 2.24) is 10.3 Å². The highest BCUT2D eigenvalue weighted by Crippen LogP contribution is 2.24. The smallest absolute Gasteiger partial charge is 0.254 e. The highest BCUT2D eigenvalue weighted by molar-refractivity contribution is 5.95. The van der Waals surface area contributed by atoms with Gasteiger partial charge in [0, 0.05) is 25.4 Å². The van der Waals surface area contributed by atoms with Crippen LogP contribution >= 0.6 is 0 Å². The minimum absolute atomic E-state index is 0.00333. The Balaban J connectivity index is 2.08. The average Bonchev–Trinajstić information content (AvgIpc) is 2.40. The quantitative estimate of drug-likeness (QED) is 0.895. The van der Waals surface area contributed by atoms with E-state index in [9.17, 15) is 9.18 Å². The predicted octanol–water partition coefficient (Wildman–Crippen LogP) is 2.34. The minimum Gasteiger partial charge on any atom is -0.375 e. The van der Waals surface area contributed by atoms with Gasteiger partial charge in [-0.2, -0.15) is 0 Å². The lowest BCUT2D eigenvalue weighted by molar-refractivity contribution is -0.0615. The Bertz CT molecular complexity index is 520. The molecule has 1 aromatic rings. The Morgan fingerprint density at radius 3 is 3.00 bits per heavy atom. The molecule has 0 bridgehead atoms. The number of halogens is 1. The Morgan fingerprint density at radius 1 is 1.57 bits per heavy atom. The molecule has 1 saturated heterocycles. The summed E-state index contributed by atoms with van der Waals surface area (Å²) in [7, 11) is 0. The second-order valence-corrected chi connectivity index (χ2v) is 5.82. The molecule has 1 unspecified atom stereocenters. The van der Waals surface area contributed by atoms with E-state index in [2.05, 4.69) is 15.6 Å². The molecule has 1 aliphatic heterocycles. The zero-order chi connectivity index (χ0) is 15.5. The molecule has 116 valence electrons. The molecule has 2 N–H and O–H groups in total. The van der Waals surface area contributed by atoms with Gasteiger partial charge in [0.25, 0.3) is 5.91 Å². The van der Waals surface area contributed by atoms with Gasteiger partial charge < -0.3 is 15.4 Å². The van der Waals surface area contributed by atoms with Crippen molar-refractivity contribution in [3.63, 3.8) is 0 Å². The van der Waals surface area contributed by atoms with E-state index in [1.807, 2.05) is 20.8 Å². The van der Waals surface area contributed by atoms with Gasteiger partial charge in [0.1, 0.15) is 0 Å². The van der Waals surface area contributed by atoms with Crippen LogP contribution < -0.4 is 10.6 Å². The Hall–Kier alpha value is -1.69. The fourth-order valence-electron chi connectivity index (χ4n) is 2.53. The predicted molar refractivity (Wildman–Crippen MR) is 78.9 cm³/mol. The van der Waals surface area contributed by atoms with Crippen LogP contribution in [0, 0.1) is 5.82 Å². The van der Waals surface area contributed by atoms with Gasteiger partial charge in [0.15, 0.2) is 11.6 Å². The molecule has 1 atom stereocenters. The highest BCUT2D eigenvalue weighted by Gasteiger charge is 2.30. The van der Waals surface area contributed by atoms with Gasteiger partial charge in [-0.3, -0.25) is 4.79 Å². The maximum absolute atomic E-state index is 14.2. The summed E-state index contributed by atoms with van der Waals surface area (Å²) in [5.41, 5.74) is -0.243. The van der Waals surface area contributed by atoms with E-state index in [-0.39, 0.29) is 23.0 Å². The fourth-order valence-corrected chi connectivity index (χ4v) is 2.53. The van der Waals surface area contributed by atoms with Gasteiger partial charge in [0.05, 0.1) is 11.2 Å². The number of hydrogen-bond acceptors (Lipinski definition) is 4. The number of carbonyl (C=O) groups excluding carboxylic acids is 1. The summed E-state index contributed by atoms with van der Waals surface area (Å²) < 4.78 is 19.8. The Morgan fingerprint density at radius 2 is 2.33 bits per heavy atom. The van der Waals surface area contributed by atoms with Gasteiger partial charge >= 0.3 is 0 Å². The van der Waals surface area contributed by atoms with E-state index < -0.39 is 11.7 Å². The molecule has 6 heteroatoms. The summed E-state index contributed by atoms with van der Waals surface area (Å²) in [6.45, 7) is 6.96. The highest BCUT2D eigenvalue weighted by atomic mass is 19.1. The van der Waals surface area contributed by atoms with Crippen molar-refractivity contribution in [1.29, 1.82) is 0 Å². The zero-order valence-corrected chi connectivity index (χ0v) is 12.7. The topological polar surface area (TPSA) is 63.2 Å². The number of nitrogens with one attached hydrogen (secondary N) is 2. The largest absolute Gasteiger partial charge is 0.375 e. The molecule has 2 rings (SSSR count). The lowest BCUT2D eigenvalue weighted by atomic mass is 9.94. The SMILES string of the molecule is CCNc1nccc(C(=O)NC2CCOC(C)(C)C2)c1F. The monoisotopic (exact) mass is 295 g/mol. The molecule has 1 aliphatic rings. The summed E-state index contributed by atoms with van der Waals surface area (Å²) in [6.07, 6.45) is 2.89. The van der Waals surface area contributed by atoms with Crippen LogP contribution in [-0.2, 0) is 4.74 Å². The maximum atomic E-state index is 14.2. The van der Waals surface area contributed by atoms with Crippen molar-refractivity contribution in [2.45, 2.75) is 45.3 Å². The molecule has 0 radical (unpaired) electrons. The molecule has 0 spiro atoms. The molecular weight excluding hydrogens is 273 g/mol. The first-order valence-electron chi connectivity index (χ1n) is 7.26. The van der Waals surface area contributed by atoms with Crippen LogP contribution in [0.15, 0.2) is 12.3 Å². The lowest BCUT2D eigenvalue weighted by Crippen LogP contribution is -2.46. The number of aromatic nitrogens is 1. The molecule has 0 saturated carbocycles. The average molecular weight is 295 g/mol. The van der Waals surface area contributed by atoms with Crippen LogP contribution in [0.25, 0.3) is 0 Å². The van der Waals surface area contributed by atoms with E-state index >= 15 is 0 Å². The van der Waals surface area contributed by atoms with Crippen molar-refractivity contribution in [2.24, 2.45) is 0 Å². The van der Waals surface area contributed by atoms with Crippen molar-refractivity contribution < 1.29 is 13.9 Å². The lowest BCUT2D eigenvalue weighted by Gasteiger charge is -2.35. The standard InChI is InChI=1S/C15H22FN3O2/c1-4-17-13-12(16)11(5-7-18-13)14(20)19-10-6-8-21-15(2,3)9-10/h5,7,10H,4,6,8-9H2,1-3H3,(H,17,18)(H,19,20). The van der Waals surface area contributed by atoms with Crippen molar-refractivity contribution in [3.8, 4) is 0 Å². The minimum atomic E-state index is -0.608. The number of carbonyl (C=O) groups is 1. The van der Waals surface area contributed by atoms with E-state index in [1.54, 1.807) is 0 Å². The third-order valence-corrected chi connectivity index (χ3v) is 3.51. The maximum Gasteiger partial charge on any atom is 0.254 e. The summed E-state index contributed by atoms with van der Waals surface area (Å²) in [4.78, 5) is 16.1. The van der Waals surface area contributed by atoms with Crippen LogP contribution in [-0.4, -0.2) is 35.7 Å². The third-order valence-electron chi connectivity index (χ3n) is 3.51. The Kier molecular flexibility index (Phi) is 4.77. The molecule has 0 aromatic carbocycles. The van der Waals surface area contributed by atoms with Crippen LogP contribution in [0.2, 0.25) is 0 Å². The first kappa shape index (κ1) is 15.7. The van der Waals surface area contributed by atoms with Crippen molar-refractivity contribution >= 4 is 11.7 Å². The van der Waals surface area contributed by atoms with E-state index in [4.69, 9.17) is 4.74 Å². The first-order valence-corrected chi connectivity index (χ1v) is 7.26. The van der Waals surface area contributed by atoms with Gasteiger partial charge in [-0.1, -0.05) is 0 Å². The third kappa shape index (κ3) is 3.91. The van der Waals surface area contributed by atoms with E-state index in [0.717, 1.165) is 6.42 Å². The number of ether oxygens (including phenoxy) is 1. The summed E-state index contributed by atoms with van der Waals surface area (Å²) in [6, 6.07) is 1.40. The number of anilines is 1. The van der Waals surface area contributed by atoms with Crippen LogP contribution in [0.5, 0.6) is 0 Å². The van der Waals surface area contributed by atoms with Gasteiger partial charge in [-0.25, -0.2) is 9.37 Å². The van der Waals surface area contributed by atoms with Gasteiger partial charge in [-0.05, 0) is 39.7 Å². The molecule has 0 aliphatic carbocycles. The number of hydrogen-bond donors (Lipinski definition) is 2. The number of rotatable bonds is 4. The van der Waals surface area contributed by atoms with E-state index in [0.29, 0.717) is 19.6 Å². The van der Waals surface area contributed by atoms with Crippen LogP contribution in [0.3, 0.4) is 0 Å². The molecule has 1 amide bonds. The van der Waals surface area contributed by atoms with Crippen LogP contribution in [0.4, 0.5) is 10.2 Å². The summed E-state index contributed by atoms with van der Waals surface area (Å²) in [5.74, 6) is -0.905. The molecule has 2 heterocycles. The summed E-state index contributed by atoms with van der Waals surface area (Å²) >= 11 is 0. The van der Waals surface area contributed by atoms with Crippen molar-refractivity contribution in [3.05, 3.63) is 23.6 Å². The molecule has 1 fully saturated rings. The van der Waals surface area contributed by atoms with E-state index in [1.165, 1.54) is 12.3 Å². The fraction of sp³-hybridized carbons (Fsp3) is 0.600. The zero-order valence-electron chi connectivity index (χ0n) is 12.7. The number of amides is 1. The molecule has 21 heavy (non-hydrogen) atoms. The molecule has 5 nitrogen and oxygen atoms in total.